The maximum atomic E-state index is 13.3. The van der Waals surface area contributed by atoms with E-state index in [1.807, 2.05) is 6.92 Å². The van der Waals surface area contributed by atoms with Gasteiger partial charge >= 0.3 is 0 Å². The highest BCUT2D eigenvalue weighted by Gasteiger charge is 2.18. The minimum atomic E-state index is -0.550. The Morgan fingerprint density at radius 3 is 2.52 bits per heavy atom. The molecule has 0 fully saturated rings. The highest BCUT2D eigenvalue weighted by Crippen LogP contribution is 2.30. The van der Waals surface area contributed by atoms with Crippen molar-refractivity contribution < 1.29 is 14.4 Å². The summed E-state index contributed by atoms with van der Waals surface area (Å²) in [7, 11) is 0. The van der Waals surface area contributed by atoms with Gasteiger partial charge in [-0.15, -0.1) is 0 Å². The minimum absolute atomic E-state index is 0.139. The van der Waals surface area contributed by atoms with Gasteiger partial charge in [-0.25, -0.2) is 4.39 Å². The minimum Gasteiger partial charge on any atom is -0.508 e. The molecule has 0 saturated carbocycles. The summed E-state index contributed by atoms with van der Waals surface area (Å²) in [4.78, 5) is 10.4. The second-order valence-corrected chi connectivity index (χ2v) is 4.62. The predicted octanol–water partition coefficient (Wildman–Crippen LogP) is 4.00. The van der Waals surface area contributed by atoms with Crippen LogP contribution in [0.3, 0.4) is 0 Å². The Kier molecular flexibility index (Phi) is 4.37. The Bertz CT molecular complexity index is 644. The lowest BCUT2D eigenvalue weighted by atomic mass is 10.0. The van der Waals surface area contributed by atoms with Crippen LogP contribution in [-0.4, -0.2) is 10.0 Å². The molecule has 1 atom stereocenters. The number of nitro benzene ring substituents is 1. The van der Waals surface area contributed by atoms with Crippen LogP contribution in [0.1, 0.15) is 24.9 Å². The molecule has 0 heterocycles. The lowest BCUT2D eigenvalue weighted by molar-refractivity contribution is -0.384. The topological polar surface area (TPSA) is 75.4 Å². The molecule has 1 unspecified atom stereocenters. The summed E-state index contributed by atoms with van der Waals surface area (Å²) >= 11 is 0. The number of phenols is 1. The van der Waals surface area contributed by atoms with E-state index >= 15 is 0 Å². The molecule has 0 aromatic heterocycles. The molecule has 2 aromatic carbocycles. The van der Waals surface area contributed by atoms with Crippen molar-refractivity contribution in [3.63, 3.8) is 0 Å². The summed E-state index contributed by atoms with van der Waals surface area (Å²) < 4.78 is 13.3. The van der Waals surface area contributed by atoms with E-state index in [1.165, 1.54) is 0 Å². The Balaban J connectivity index is 2.32. The number of nitro groups is 1. The number of halogens is 1. The van der Waals surface area contributed by atoms with Crippen molar-refractivity contribution in [2.75, 3.05) is 5.32 Å². The van der Waals surface area contributed by atoms with Crippen LogP contribution in [0.25, 0.3) is 0 Å². The quantitative estimate of drug-likeness (QED) is 0.644. The van der Waals surface area contributed by atoms with E-state index in [1.54, 1.807) is 24.3 Å². The summed E-state index contributed by atoms with van der Waals surface area (Å²) in [6.45, 7) is 1.91. The van der Waals surface area contributed by atoms with E-state index in [-0.39, 0.29) is 23.2 Å². The van der Waals surface area contributed by atoms with Crippen molar-refractivity contribution in [1.82, 2.24) is 0 Å². The molecular formula is C15H15FN2O3. The Labute approximate surface area is 121 Å². The normalized spacial score (nSPS) is 11.9. The molecule has 2 rings (SSSR count). The van der Waals surface area contributed by atoms with Crippen LogP contribution < -0.4 is 5.32 Å². The van der Waals surface area contributed by atoms with Crippen molar-refractivity contribution in [1.29, 1.82) is 0 Å². The number of anilines is 1. The van der Waals surface area contributed by atoms with Crippen molar-refractivity contribution in [3.8, 4) is 5.75 Å². The lowest BCUT2D eigenvalue weighted by Crippen LogP contribution is -2.11. The molecule has 0 aliphatic rings. The highest BCUT2D eigenvalue weighted by atomic mass is 19.1. The second kappa shape index (κ2) is 6.21. The summed E-state index contributed by atoms with van der Waals surface area (Å²) in [5.74, 6) is -0.394. The fraction of sp³-hybridized carbons (Fsp3) is 0.200. The predicted molar refractivity (Wildman–Crippen MR) is 77.8 cm³/mol. The third-order valence-electron chi connectivity index (χ3n) is 3.19. The van der Waals surface area contributed by atoms with Crippen LogP contribution in [0, 0.1) is 15.9 Å². The van der Waals surface area contributed by atoms with E-state index in [9.17, 15) is 19.6 Å². The number of hydrogen-bond acceptors (Lipinski definition) is 4. The van der Waals surface area contributed by atoms with E-state index in [2.05, 4.69) is 5.32 Å². The molecule has 0 saturated heterocycles. The van der Waals surface area contributed by atoms with Gasteiger partial charge in [-0.2, -0.15) is 0 Å². The third kappa shape index (κ3) is 3.47. The van der Waals surface area contributed by atoms with Gasteiger partial charge in [0.1, 0.15) is 17.3 Å². The summed E-state index contributed by atoms with van der Waals surface area (Å²) in [6.07, 6.45) is 0.651. The van der Waals surface area contributed by atoms with Gasteiger partial charge in [0.25, 0.3) is 5.69 Å². The van der Waals surface area contributed by atoms with Crippen LogP contribution >= 0.6 is 0 Å². The largest absolute Gasteiger partial charge is 0.508 e. The maximum Gasteiger partial charge on any atom is 0.292 e. The summed E-state index contributed by atoms with van der Waals surface area (Å²) in [6, 6.07) is 9.63. The van der Waals surface area contributed by atoms with Crippen LogP contribution in [0.15, 0.2) is 42.5 Å². The fourth-order valence-corrected chi connectivity index (χ4v) is 2.10. The Morgan fingerprint density at radius 2 is 1.95 bits per heavy atom. The zero-order valence-corrected chi connectivity index (χ0v) is 11.4. The first-order chi connectivity index (χ1) is 10.0. The molecule has 0 radical (unpaired) electrons. The molecule has 0 bridgehead atoms. The molecule has 0 spiro atoms. The average Bonchev–Trinajstić information content (AvgIpc) is 2.45. The van der Waals surface area contributed by atoms with Crippen LogP contribution in [-0.2, 0) is 0 Å². The number of hydrogen-bond donors (Lipinski definition) is 2. The van der Waals surface area contributed by atoms with Crippen molar-refractivity contribution in [2.24, 2.45) is 0 Å². The van der Waals surface area contributed by atoms with Crippen molar-refractivity contribution >= 4 is 11.4 Å². The third-order valence-corrected chi connectivity index (χ3v) is 3.19. The van der Waals surface area contributed by atoms with Gasteiger partial charge in [0, 0.05) is 12.1 Å². The van der Waals surface area contributed by atoms with Gasteiger partial charge in [0.05, 0.1) is 11.0 Å². The first-order valence-corrected chi connectivity index (χ1v) is 6.50. The SMILES string of the molecule is CCC(Nc1cc(F)ccc1[N+](=O)[O-])c1ccc(O)cc1. The lowest BCUT2D eigenvalue weighted by Gasteiger charge is -2.18. The van der Waals surface area contributed by atoms with Gasteiger partial charge in [0.15, 0.2) is 0 Å². The molecule has 5 nitrogen and oxygen atoms in total. The van der Waals surface area contributed by atoms with E-state index in [4.69, 9.17) is 0 Å². The van der Waals surface area contributed by atoms with E-state index in [0.717, 1.165) is 23.8 Å². The molecular weight excluding hydrogens is 275 g/mol. The van der Waals surface area contributed by atoms with Gasteiger partial charge in [-0.3, -0.25) is 10.1 Å². The molecule has 0 aliphatic heterocycles. The van der Waals surface area contributed by atoms with Crippen molar-refractivity contribution in [3.05, 3.63) is 64.0 Å². The average molecular weight is 290 g/mol. The molecule has 110 valence electrons. The Morgan fingerprint density at radius 1 is 1.29 bits per heavy atom. The van der Waals surface area contributed by atoms with Gasteiger partial charge < -0.3 is 10.4 Å². The van der Waals surface area contributed by atoms with Crippen LogP contribution in [0.5, 0.6) is 5.75 Å². The number of aromatic hydroxyl groups is 1. The summed E-state index contributed by atoms with van der Waals surface area (Å²) in [5, 5.41) is 23.3. The number of phenolic OH excluding ortho intramolecular Hbond substituents is 1. The highest BCUT2D eigenvalue weighted by molar-refractivity contribution is 5.62. The zero-order valence-electron chi connectivity index (χ0n) is 11.4. The van der Waals surface area contributed by atoms with Crippen molar-refractivity contribution in [2.45, 2.75) is 19.4 Å². The van der Waals surface area contributed by atoms with Gasteiger partial charge in [-0.1, -0.05) is 19.1 Å². The van der Waals surface area contributed by atoms with Gasteiger partial charge in [-0.05, 0) is 30.2 Å². The monoisotopic (exact) mass is 290 g/mol. The Hall–Kier alpha value is -2.63. The first kappa shape index (κ1) is 14.8. The van der Waals surface area contributed by atoms with Gasteiger partial charge in [0.2, 0.25) is 0 Å². The first-order valence-electron chi connectivity index (χ1n) is 6.50. The molecule has 21 heavy (non-hydrogen) atoms. The second-order valence-electron chi connectivity index (χ2n) is 4.62. The standard InChI is InChI=1S/C15H15FN2O3/c1-2-13(10-3-6-12(19)7-4-10)17-14-9-11(16)5-8-15(14)18(20)21/h3-9,13,17,19H,2H2,1H3. The molecule has 6 heteroatoms. The number of rotatable bonds is 5. The smallest absolute Gasteiger partial charge is 0.292 e. The maximum absolute atomic E-state index is 13.3. The molecule has 2 aromatic rings. The van der Waals surface area contributed by atoms with E-state index in [0.29, 0.717) is 6.42 Å². The van der Waals surface area contributed by atoms with Crippen LogP contribution in [0.4, 0.5) is 15.8 Å². The number of nitrogens with zero attached hydrogens (tertiary/aromatic N) is 1. The summed E-state index contributed by atoms with van der Waals surface area (Å²) in [5.41, 5.74) is 0.822. The number of benzene rings is 2. The zero-order chi connectivity index (χ0) is 15.4. The fourth-order valence-electron chi connectivity index (χ4n) is 2.10. The molecule has 0 amide bonds. The molecule has 2 N–H and O–H groups in total. The number of nitrogens with one attached hydrogen (secondary N) is 1. The van der Waals surface area contributed by atoms with E-state index < -0.39 is 10.7 Å². The van der Waals surface area contributed by atoms with Crippen LogP contribution in [0.2, 0.25) is 0 Å². The molecule has 0 aliphatic carbocycles.